The summed E-state index contributed by atoms with van der Waals surface area (Å²) in [6.07, 6.45) is 4.46. The maximum absolute atomic E-state index is 12.2. The number of aromatic hydroxyl groups is 1. The van der Waals surface area contributed by atoms with E-state index >= 15 is 0 Å². The van der Waals surface area contributed by atoms with Gasteiger partial charge in [-0.05, 0) is 18.8 Å². The molecule has 2 rings (SSSR count). The molecular weight excluding hydrogens is 302 g/mol. The Balaban J connectivity index is 1.99. The second-order valence-electron chi connectivity index (χ2n) is 5.85. The largest absolute Gasteiger partial charge is 0.493 e. The van der Waals surface area contributed by atoms with Crippen molar-refractivity contribution < 1.29 is 9.90 Å². The molecule has 1 aromatic heterocycles. The van der Waals surface area contributed by atoms with Gasteiger partial charge in [-0.25, -0.2) is 0 Å². The number of aromatic nitrogens is 2. The van der Waals surface area contributed by atoms with E-state index < -0.39 is 0 Å². The van der Waals surface area contributed by atoms with E-state index in [1.165, 1.54) is 12.8 Å². The zero-order valence-corrected chi connectivity index (χ0v) is 13.9. The van der Waals surface area contributed by atoms with E-state index in [1.54, 1.807) is 0 Å². The van der Waals surface area contributed by atoms with Crippen molar-refractivity contribution >= 4 is 17.7 Å². The van der Waals surface area contributed by atoms with E-state index in [4.69, 9.17) is 0 Å². The fourth-order valence-corrected chi connectivity index (χ4v) is 3.34. The average molecular weight is 325 g/mol. The number of thioether (sulfide) groups is 1. The van der Waals surface area contributed by atoms with E-state index in [9.17, 15) is 14.7 Å². The third kappa shape index (κ3) is 4.25. The number of carbonyl (C=O) groups is 1. The van der Waals surface area contributed by atoms with E-state index in [2.05, 4.69) is 9.97 Å². The second kappa shape index (κ2) is 7.67. The molecule has 1 amide bonds. The van der Waals surface area contributed by atoms with Crippen LogP contribution in [0.5, 0.6) is 5.88 Å². The Labute approximate surface area is 134 Å². The highest BCUT2D eigenvalue weighted by Crippen LogP contribution is 2.22. The molecule has 0 atom stereocenters. The maximum atomic E-state index is 12.2. The Morgan fingerprint density at radius 2 is 1.95 bits per heavy atom. The monoisotopic (exact) mass is 325 g/mol. The molecule has 1 saturated heterocycles. The summed E-state index contributed by atoms with van der Waals surface area (Å²) >= 11 is 1.16. The first-order chi connectivity index (χ1) is 10.5. The van der Waals surface area contributed by atoms with E-state index in [0.29, 0.717) is 0 Å². The molecule has 1 aliphatic rings. The highest BCUT2D eigenvalue weighted by Gasteiger charge is 2.18. The zero-order chi connectivity index (χ0) is 16.1. The number of rotatable bonds is 4. The molecule has 22 heavy (non-hydrogen) atoms. The number of hydrogen-bond acceptors (Lipinski definition) is 5. The molecule has 1 aromatic rings. The van der Waals surface area contributed by atoms with Gasteiger partial charge in [-0.1, -0.05) is 38.5 Å². The van der Waals surface area contributed by atoms with Crippen LogP contribution in [-0.4, -0.2) is 44.7 Å². The van der Waals surface area contributed by atoms with Crippen molar-refractivity contribution in [1.82, 2.24) is 14.9 Å². The van der Waals surface area contributed by atoms with Gasteiger partial charge < -0.3 is 15.0 Å². The standard InChI is InChI=1S/C15H23N3O3S/c1-10(2)12-13(20)16-15(17-14(12)21)22-9-11(19)18-7-5-3-4-6-8-18/h10H,3-9H2,1-2H3,(H2,16,17,20,21). The number of hydrogen-bond donors (Lipinski definition) is 2. The lowest BCUT2D eigenvalue weighted by atomic mass is 10.1. The molecular formula is C15H23N3O3S. The van der Waals surface area contributed by atoms with Gasteiger partial charge in [0.05, 0.1) is 11.3 Å². The summed E-state index contributed by atoms with van der Waals surface area (Å²) in [7, 11) is 0. The Morgan fingerprint density at radius 3 is 2.50 bits per heavy atom. The number of likely N-dealkylation sites (tertiary alicyclic amines) is 1. The lowest BCUT2D eigenvalue weighted by Crippen LogP contribution is -2.33. The summed E-state index contributed by atoms with van der Waals surface area (Å²) in [5.74, 6) is -0.0665. The first-order valence-electron chi connectivity index (χ1n) is 7.72. The molecule has 7 heteroatoms. The summed E-state index contributed by atoms with van der Waals surface area (Å²) < 4.78 is 0. The van der Waals surface area contributed by atoms with Crippen LogP contribution in [0.15, 0.2) is 9.95 Å². The van der Waals surface area contributed by atoms with E-state index in [1.807, 2.05) is 18.7 Å². The lowest BCUT2D eigenvalue weighted by Gasteiger charge is -2.19. The number of H-pyrrole nitrogens is 1. The third-order valence-corrected chi connectivity index (χ3v) is 4.64. The minimum atomic E-state index is -0.341. The van der Waals surface area contributed by atoms with Gasteiger partial charge in [0, 0.05) is 13.1 Å². The average Bonchev–Trinajstić information content (AvgIpc) is 2.72. The fraction of sp³-hybridized carbons (Fsp3) is 0.667. The predicted octanol–water partition coefficient (Wildman–Crippen LogP) is 2.09. The van der Waals surface area contributed by atoms with Crippen LogP contribution >= 0.6 is 11.8 Å². The third-order valence-electron chi connectivity index (χ3n) is 3.78. The van der Waals surface area contributed by atoms with Gasteiger partial charge in [-0.2, -0.15) is 4.98 Å². The minimum Gasteiger partial charge on any atom is -0.493 e. The Bertz CT molecular complexity index is 578. The van der Waals surface area contributed by atoms with Gasteiger partial charge in [0.2, 0.25) is 11.8 Å². The summed E-state index contributed by atoms with van der Waals surface area (Å²) in [6.45, 7) is 5.26. The molecule has 1 aliphatic heterocycles. The van der Waals surface area contributed by atoms with Crippen LogP contribution in [0.25, 0.3) is 0 Å². The molecule has 0 aliphatic carbocycles. The van der Waals surface area contributed by atoms with Crippen molar-refractivity contribution in [2.75, 3.05) is 18.8 Å². The normalized spacial score (nSPS) is 15.9. The van der Waals surface area contributed by atoms with E-state index in [0.717, 1.165) is 37.7 Å². The van der Waals surface area contributed by atoms with Gasteiger partial charge in [0.15, 0.2) is 5.16 Å². The summed E-state index contributed by atoms with van der Waals surface area (Å²) in [4.78, 5) is 32.6. The van der Waals surface area contributed by atoms with Crippen LogP contribution in [0.3, 0.4) is 0 Å². The molecule has 0 spiro atoms. The van der Waals surface area contributed by atoms with Gasteiger partial charge in [-0.3, -0.25) is 9.59 Å². The van der Waals surface area contributed by atoms with Crippen molar-refractivity contribution in [3.8, 4) is 5.88 Å². The molecule has 0 saturated carbocycles. The molecule has 2 heterocycles. The van der Waals surface area contributed by atoms with Crippen LogP contribution in [0.2, 0.25) is 0 Å². The van der Waals surface area contributed by atoms with Gasteiger partial charge in [0.1, 0.15) is 0 Å². The molecule has 0 radical (unpaired) electrons. The smallest absolute Gasteiger partial charge is 0.258 e. The SMILES string of the molecule is CC(C)c1c(O)nc(SCC(=O)N2CCCCCC2)[nH]c1=O. The quantitative estimate of drug-likeness (QED) is 0.654. The molecule has 2 N–H and O–H groups in total. The number of carbonyl (C=O) groups excluding carboxylic acids is 1. The number of amides is 1. The van der Waals surface area contributed by atoms with Gasteiger partial charge in [0.25, 0.3) is 5.56 Å². The van der Waals surface area contributed by atoms with Crippen molar-refractivity contribution in [3.63, 3.8) is 0 Å². The topological polar surface area (TPSA) is 86.3 Å². The summed E-state index contributed by atoms with van der Waals surface area (Å²) in [5, 5.41) is 10.1. The van der Waals surface area contributed by atoms with Gasteiger partial charge in [-0.15, -0.1) is 0 Å². The molecule has 1 fully saturated rings. The molecule has 0 aromatic carbocycles. The van der Waals surface area contributed by atoms with Crippen LogP contribution in [-0.2, 0) is 4.79 Å². The van der Waals surface area contributed by atoms with Crippen LogP contribution in [0.1, 0.15) is 51.0 Å². The van der Waals surface area contributed by atoms with Crippen molar-refractivity contribution in [3.05, 3.63) is 15.9 Å². The molecule has 6 nitrogen and oxygen atoms in total. The molecule has 122 valence electrons. The van der Waals surface area contributed by atoms with Crippen LogP contribution in [0.4, 0.5) is 0 Å². The summed E-state index contributed by atoms with van der Waals surface area (Å²) in [5.41, 5.74) is -0.0598. The highest BCUT2D eigenvalue weighted by molar-refractivity contribution is 7.99. The van der Waals surface area contributed by atoms with Gasteiger partial charge >= 0.3 is 0 Å². The van der Waals surface area contributed by atoms with Crippen LogP contribution < -0.4 is 5.56 Å². The van der Waals surface area contributed by atoms with Crippen LogP contribution in [0, 0.1) is 0 Å². The van der Waals surface area contributed by atoms with Crippen molar-refractivity contribution in [2.24, 2.45) is 0 Å². The fourth-order valence-electron chi connectivity index (χ4n) is 2.58. The first-order valence-corrected chi connectivity index (χ1v) is 8.71. The molecule has 0 bridgehead atoms. The van der Waals surface area contributed by atoms with Crippen molar-refractivity contribution in [1.29, 1.82) is 0 Å². The Morgan fingerprint density at radius 1 is 1.32 bits per heavy atom. The minimum absolute atomic E-state index is 0.0574. The number of nitrogens with zero attached hydrogens (tertiary/aromatic N) is 2. The molecule has 0 unspecified atom stereocenters. The Kier molecular flexibility index (Phi) is 5.88. The number of nitrogens with one attached hydrogen (secondary N) is 1. The maximum Gasteiger partial charge on any atom is 0.258 e. The van der Waals surface area contributed by atoms with Crippen molar-refractivity contribution in [2.45, 2.75) is 50.6 Å². The summed E-state index contributed by atoms with van der Waals surface area (Å²) in [6, 6.07) is 0. The lowest BCUT2D eigenvalue weighted by molar-refractivity contribution is -0.128. The zero-order valence-electron chi connectivity index (χ0n) is 13.1. The highest BCUT2D eigenvalue weighted by atomic mass is 32.2. The predicted molar refractivity (Wildman–Crippen MR) is 86.4 cm³/mol. The number of aromatic amines is 1. The second-order valence-corrected chi connectivity index (χ2v) is 6.81. The Hall–Kier alpha value is -1.50. The van der Waals surface area contributed by atoms with E-state index in [-0.39, 0.29) is 39.7 Å². The first kappa shape index (κ1) is 16.9.